The monoisotopic (exact) mass is 234 g/mol. The Morgan fingerprint density at radius 3 is 2.62 bits per heavy atom. The lowest BCUT2D eigenvalue weighted by Crippen LogP contribution is -2.22. The number of hydrogen-bond acceptors (Lipinski definition) is 5. The summed E-state index contributed by atoms with van der Waals surface area (Å²) in [5.41, 5.74) is 1.08. The smallest absolute Gasteiger partial charge is 0.225 e. The van der Waals surface area contributed by atoms with Crippen molar-refractivity contribution in [3.8, 4) is 0 Å². The summed E-state index contributed by atoms with van der Waals surface area (Å²) in [6, 6.07) is 0. The fourth-order valence-corrected chi connectivity index (χ4v) is 1.93. The number of thiazole rings is 1. The Balaban J connectivity index is 1.93. The molecule has 0 aliphatic heterocycles. The molecule has 0 amide bonds. The van der Waals surface area contributed by atoms with Crippen LogP contribution in [0.3, 0.4) is 0 Å². The molecule has 0 spiro atoms. The van der Waals surface area contributed by atoms with Crippen LogP contribution in [-0.2, 0) is 6.42 Å². The van der Waals surface area contributed by atoms with E-state index in [2.05, 4.69) is 15.0 Å². The van der Waals surface area contributed by atoms with Gasteiger partial charge >= 0.3 is 0 Å². The standard InChI is InChI=1S/C11H14N4S/c1-9-7-13-11(14-8-9)15(2)5-3-10-12-4-6-16-10/h4,6-8H,3,5H2,1-2H3. The third kappa shape index (κ3) is 2.76. The molecule has 0 bridgehead atoms. The van der Waals surface area contributed by atoms with E-state index in [0.29, 0.717) is 0 Å². The van der Waals surface area contributed by atoms with Crippen molar-refractivity contribution in [1.29, 1.82) is 0 Å². The number of rotatable bonds is 4. The molecule has 2 aromatic heterocycles. The summed E-state index contributed by atoms with van der Waals surface area (Å²) in [5, 5.41) is 3.15. The average Bonchev–Trinajstić information content (AvgIpc) is 2.80. The van der Waals surface area contributed by atoms with Crippen molar-refractivity contribution in [2.24, 2.45) is 0 Å². The predicted octanol–water partition coefficient (Wildman–Crippen LogP) is 1.92. The molecule has 16 heavy (non-hydrogen) atoms. The lowest BCUT2D eigenvalue weighted by molar-refractivity contribution is 0.831. The molecule has 0 unspecified atom stereocenters. The first kappa shape index (κ1) is 11.0. The Morgan fingerprint density at radius 2 is 2.00 bits per heavy atom. The van der Waals surface area contributed by atoms with Crippen LogP contribution < -0.4 is 4.90 Å². The van der Waals surface area contributed by atoms with Crippen molar-refractivity contribution in [2.45, 2.75) is 13.3 Å². The summed E-state index contributed by atoms with van der Waals surface area (Å²) in [5.74, 6) is 0.766. The van der Waals surface area contributed by atoms with Gasteiger partial charge in [0.15, 0.2) is 0 Å². The highest BCUT2D eigenvalue weighted by Crippen LogP contribution is 2.08. The molecule has 4 nitrogen and oxygen atoms in total. The first-order valence-electron chi connectivity index (χ1n) is 5.14. The van der Waals surface area contributed by atoms with Crippen LogP contribution in [0.15, 0.2) is 24.0 Å². The molecule has 0 atom stereocenters. The highest BCUT2D eigenvalue weighted by Gasteiger charge is 2.04. The minimum absolute atomic E-state index is 0.766. The van der Waals surface area contributed by atoms with E-state index in [1.807, 2.05) is 42.8 Å². The summed E-state index contributed by atoms with van der Waals surface area (Å²) in [4.78, 5) is 14.8. The molecule has 0 saturated carbocycles. The maximum Gasteiger partial charge on any atom is 0.225 e. The Labute approximate surface area is 99.0 Å². The van der Waals surface area contributed by atoms with E-state index >= 15 is 0 Å². The fraction of sp³-hybridized carbons (Fsp3) is 0.364. The second-order valence-electron chi connectivity index (χ2n) is 3.66. The molecular formula is C11H14N4S. The van der Waals surface area contributed by atoms with Gasteiger partial charge in [-0.05, 0) is 12.5 Å². The van der Waals surface area contributed by atoms with Gasteiger partial charge < -0.3 is 4.90 Å². The van der Waals surface area contributed by atoms with Gasteiger partial charge in [0.05, 0.1) is 5.01 Å². The quantitative estimate of drug-likeness (QED) is 0.810. The summed E-state index contributed by atoms with van der Waals surface area (Å²) < 4.78 is 0. The van der Waals surface area contributed by atoms with Crippen molar-refractivity contribution in [3.63, 3.8) is 0 Å². The first-order chi connectivity index (χ1) is 7.75. The van der Waals surface area contributed by atoms with Gasteiger partial charge in [0.1, 0.15) is 0 Å². The van der Waals surface area contributed by atoms with Crippen LogP contribution in [0.25, 0.3) is 0 Å². The Hall–Kier alpha value is -1.49. The van der Waals surface area contributed by atoms with Crippen molar-refractivity contribution < 1.29 is 0 Å². The molecule has 0 saturated heterocycles. The molecule has 5 heteroatoms. The van der Waals surface area contributed by atoms with Crippen LogP contribution in [0.4, 0.5) is 5.95 Å². The van der Waals surface area contributed by atoms with Gasteiger partial charge in [-0.1, -0.05) is 0 Å². The van der Waals surface area contributed by atoms with E-state index in [9.17, 15) is 0 Å². The molecule has 2 heterocycles. The molecule has 84 valence electrons. The number of likely N-dealkylation sites (N-methyl/N-ethyl adjacent to an activating group) is 1. The van der Waals surface area contributed by atoms with E-state index < -0.39 is 0 Å². The Morgan fingerprint density at radius 1 is 1.25 bits per heavy atom. The first-order valence-corrected chi connectivity index (χ1v) is 6.02. The van der Waals surface area contributed by atoms with E-state index in [-0.39, 0.29) is 0 Å². The summed E-state index contributed by atoms with van der Waals surface area (Å²) >= 11 is 1.68. The van der Waals surface area contributed by atoms with Gasteiger partial charge in [0, 0.05) is 44.0 Å². The van der Waals surface area contributed by atoms with Crippen LogP contribution in [0.2, 0.25) is 0 Å². The molecule has 0 aliphatic carbocycles. The van der Waals surface area contributed by atoms with Crippen LogP contribution >= 0.6 is 11.3 Å². The number of nitrogens with zero attached hydrogens (tertiary/aromatic N) is 4. The highest BCUT2D eigenvalue weighted by atomic mass is 32.1. The van der Waals surface area contributed by atoms with Gasteiger partial charge in [-0.15, -0.1) is 11.3 Å². The molecule has 0 aliphatic rings. The largest absolute Gasteiger partial charge is 0.343 e. The van der Waals surface area contributed by atoms with Crippen LogP contribution in [0.1, 0.15) is 10.6 Å². The van der Waals surface area contributed by atoms with E-state index in [4.69, 9.17) is 0 Å². The number of hydrogen-bond donors (Lipinski definition) is 0. The maximum atomic E-state index is 4.28. The molecule has 0 N–H and O–H groups in total. The number of aryl methyl sites for hydroxylation is 1. The fourth-order valence-electron chi connectivity index (χ4n) is 1.32. The van der Waals surface area contributed by atoms with Gasteiger partial charge in [-0.25, -0.2) is 15.0 Å². The van der Waals surface area contributed by atoms with Crippen molar-refractivity contribution in [1.82, 2.24) is 15.0 Å². The van der Waals surface area contributed by atoms with Crippen LogP contribution in [0.5, 0.6) is 0 Å². The molecular weight excluding hydrogens is 220 g/mol. The second kappa shape index (κ2) is 5.03. The lowest BCUT2D eigenvalue weighted by atomic mass is 10.4. The average molecular weight is 234 g/mol. The van der Waals surface area contributed by atoms with Gasteiger partial charge in [0.2, 0.25) is 5.95 Å². The van der Waals surface area contributed by atoms with E-state index in [1.54, 1.807) is 11.3 Å². The minimum atomic E-state index is 0.766. The predicted molar refractivity (Wildman–Crippen MR) is 65.9 cm³/mol. The van der Waals surface area contributed by atoms with E-state index in [0.717, 1.165) is 29.5 Å². The van der Waals surface area contributed by atoms with Crippen LogP contribution in [0, 0.1) is 6.92 Å². The molecule has 0 aromatic carbocycles. The van der Waals surface area contributed by atoms with Crippen molar-refractivity contribution >= 4 is 17.3 Å². The Kier molecular flexibility index (Phi) is 3.46. The number of aromatic nitrogens is 3. The molecule has 0 fully saturated rings. The maximum absolute atomic E-state index is 4.28. The van der Waals surface area contributed by atoms with E-state index in [1.165, 1.54) is 0 Å². The zero-order valence-corrected chi connectivity index (χ0v) is 10.2. The molecule has 0 radical (unpaired) electrons. The topological polar surface area (TPSA) is 41.9 Å². The number of anilines is 1. The summed E-state index contributed by atoms with van der Waals surface area (Å²) in [6.07, 6.45) is 6.44. The zero-order valence-electron chi connectivity index (χ0n) is 9.42. The normalized spacial score (nSPS) is 10.4. The zero-order chi connectivity index (χ0) is 11.4. The second-order valence-corrected chi connectivity index (χ2v) is 4.64. The minimum Gasteiger partial charge on any atom is -0.343 e. The molecule has 2 aromatic rings. The Bertz CT molecular complexity index is 424. The van der Waals surface area contributed by atoms with Crippen LogP contribution in [-0.4, -0.2) is 28.5 Å². The van der Waals surface area contributed by atoms with Crippen molar-refractivity contribution in [2.75, 3.05) is 18.5 Å². The van der Waals surface area contributed by atoms with Gasteiger partial charge in [-0.3, -0.25) is 0 Å². The van der Waals surface area contributed by atoms with Crippen molar-refractivity contribution in [3.05, 3.63) is 34.5 Å². The third-order valence-corrected chi connectivity index (χ3v) is 3.09. The summed E-state index contributed by atoms with van der Waals surface area (Å²) in [7, 11) is 2.00. The molecule has 2 rings (SSSR count). The third-order valence-electron chi connectivity index (χ3n) is 2.25. The highest BCUT2D eigenvalue weighted by molar-refractivity contribution is 7.09. The summed E-state index contributed by atoms with van der Waals surface area (Å²) in [6.45, 7) is 2.87. The van der Waals surface area contributed by atoms with Gasteiger partial charge in [-0.2, -0.15) is 0 Å². The SMILES string of the molecule is Cc1cnc(N(C)CCc2nccs2)nc1. The lowest BCUT2D eigenvalue weighted by Gasteiger charge is -2.15. The van der Waals surface area contributed by atoms with Gasteiger partial charge in [0.25, 0.3) is 0 Å².